The van der Waals surface area contributed by atoms with Crippen molar-refractivity contribution in [2.75, 3.05) is 10.6 Å². The molecule has 4 aromatic rings. The van der Waals surface area contributed by atoms with E-state index in [2.05, 4.69) is 15.6 Å². The Labute approximate surface area is 202 Å². The zero-order valence-electron chi connectivity index (χ0n) is 18.7. The molecule has 1 aliphatic rings. The topological polar surface area (TPSA) is 81.1 Å². The SMILES string of the molecule is Cc1cccc(-n2nc(C3CCC3)cc2NC(=O)Nc2ccc(Oc3ccncc3)cc2Cl)c1. The third-order valence-electron chi connectivity index (χ3n) is 5.81. The third kappa shape index (κ3) is 4.89. The molecule has 2 amide bonds. The molecule has 1 saturated carbocycles. The Bertz CT molecular complexity index is 1320. The number of rotatable bonds is 6. The van der Waals surface area contributed by atoms with Gasteiger partial charge < -0.3 is 10.1 Å². The highest BCUT2D eigenvalue weighted by atomic mass is 35.5. The van der Waals surface area contributed by atoms with Crippen LogP contribution in [0.4, 0.5) is 16.3 Å². The van der Waals surface area contributed by atoms with E-state index in [-0.39, 0.29) is 0 Å². The molecule has 2 aromatic carbocycles. The van der Waals surface area contributed by atoms with Gasteiger partial charge in [0, 0.05) is 30.4 Å². The molecular formula is C26H24ClN5O2. The van der Waals surface area contributed by atoms with Crippen molar-refractivity contribution in [2.45, 2.75) is 32.1 Å². The third-order valence-corrected chi connectivity index (χ3v) is 6.13. The number of ether oxygens (including phenoxy) is 1. The summed E-state index contributed by atoms with van der Waals surface area (Å²) in [7, 11) is 0. The highest BCUT2D eigenvalue weighted by Gasteiger charge is 2.24. The smallest absolute Gasteiger partial charge is 0.324 e. The summed E-state index contributed by atoms with van der Waals surface area (Å²) < 4.78 is 7.55. The lowest BCUT2D eigenvalue weighted by atomic mass is 9.83. The first-order valence-electron chi connectivity index (χ1n) is 11.2. The molecule has 2 N–H and O–H groups in total. The predicted octanol–water partition coefficient (Wildman–Crippen LogP) is 6.93. The molecule has 0 saturated heterocycles. The molecular weight excluding hydrogens is 450 g/mol. The van der Waals surface area contributed by atoms with Crippen molar-refractivity contribution in [3.05, 3.63) is 89.3 Å². The molecule has 0 unspecified atom stereocenters. The maximum atomic E-state index is 12.9. The fraction of sp³-hybridized carbons (Fsp3) is 0.192. The maximum absolute atomic E-state index is 12.9. The molecule has 5 rings (SSSR count). The van der Waals surface area contributed by atoms with Crippen LogP contribution in [0.5, 0.6) is 11.5 Å². The van der Waals surface area contributed by atoms with Crippen LogP contribution in [0.1, 0.15) is 36.4 Å². The average molecular weight is 474 g/mol. The van der Waals surface area contributed by atoms with Gasteiger partial charge in [-0.25, -0.2) is 9.48 Å². The number of pyridine rings is 1. The summed E-state index contributed by atoms with van der Waals surface area (Å²) in [6.07, 6.45) is 6.76. The summed E-state index contributed by atoms with van der Waals surface area (Å²) in [5.41, 5.74) is 3.49. The van der Waals surface area contributed by atoms with Crippen molar-refractivity contribution >= 4 is 29.1 Å². The van der Waals surface area contributed by atoms with E-state index in [0.717, 1.165) is 29.8 Å². The van der Waals surface area contributed by atoms with Crippen LogP contribution in [0.15, 0.2) is 73.1 Å². The summed E-state index contributed by atoms with van der Waals surface area (Å²) in [6.45, 7) is 2.03. The number of nitrogens with one attached hydrogen (secondary N) is 2. The van der Waals surface area contributed by atoms with Crippen LogP contribution < -0.4 is 15.4 Å². The van der Waals surface area contributed by atoms with Crippen molar-refractivity contribution in [1.82, 2.24) is 14.8 Å². The van der Waals surface area contributed by atoms with E-state index in [1.807, 2.05) is 37.3 Å². The number of hydrogen-bond acceptors (Lipinski definition) is 4. The first-order chi connectivity index (χ1) is 16.5. The van der Waals surface area contributed by atoms with Crippen LogP contribution in [0, 0.1) is 6.92 Å². The van der Waals surface area contributed by atoms with Gasteiger partial charge in [0.1, 0.15) is 17.3 Å². The number of hydrogen-bond donors (Lipinski definition) is 2. The molecule has 1 fully saturated rings. The number of aromatic nitrogens is 3. The summed E-state index contributed by atoms with van der Waals surface area (Å²) in [5.74, 6) is 2.26. The van der Waals surface area contributed by atoms with Crippen LogP contribution in [-0.4, -0.2) is 20.8 Å². The number of nitrogens with zero attached hydrogens (tertiary/aromatic N) is 3. The number of carbonyl (C=O) groups excluding carboxylic acids is 1. The van der Waals surface area contributed by atoms with Gasteiger partial charge in [0.05, 0.1) is 22.1 Å². The average Bonchev–Trinajstić information content (AvgIpc) is 3.18. The van der Waals surface area contributed by atoms with E-state index in [0.29, 0.717) is 33.9 Å². The number of amides is 2. The van der Waals surface area contributed by atoms with E-state index in [9.17, 15) is 4.79 Å². The zero-order valence-corrected chi connectivity index (χ0v) is 19.4. The molecule has 0 spiro atoms. The van der Waals surface area contributed by atoms with E-state index in [1.165, 1.54) is 6.42 Å². The first-order valence-corrected chi connectivity index (χ1v) is 11.6. The van der Waals surface area contributed by atoms with Gasteiger partial charge in [0.25, 0.3) is 0 Å². The standard InChI is InChI=1S/C26H24ClN5O2/c1-17-4-2-7-19(14-17)32-25(16-24(31-32)18-5-3-6-18)30-26(33)29-23-9-8-21(15-22(23)27)34-20-10-12-28-13-11-20/h2,4,7-16,18H,3,5-6H2,1H3,(H2,29,30,33). The van der Waals surface area contributed by atoms with Crippen LogP contribution in [0.3, 0.4) is 0 Å². The van der Waals surface area contributed by atoms with Crippen molar-refractivity contribution in [3.8, 4) is 17.2 Å². The Kier molecular flexibility index (Phi) is 6.18. The molecule has 0 radical (unpaired) electrons. The van der Waals surface area contributed by atoms with Gasteiger partial charge in [-0.15, -0.1) is 0 Å². The van der Waals surface area contributed by atoms with Gasteiger partial charge in [-0.05, 0) is 61.7 Å². The minimum atomic E-state index is -0.404. The van der Waals surface area contributed by atoms with Gasteiger partial charge in [0.15, 0.2) is 0 Å². The Morgan fingerprint density at radius 3 is 2.56 bits per heavy atom. The normalized spacial score (nSPS) is 13.2. The lowest BCUT2D eigenvalue weighted by Crippen LogP contribution is -2.21. The van der Waals surface area contributed by atoms with Crippen molar-refractivity contribution < 1.29 is 9.53 Å². The lowest BCUT2D eigenvalue weighted by Gasteiger charge is -2.22. The summed E-state index contributed by atoms with van der Waals surface area (Å²) >= 11 is 6.41. The Morgan fingerprint density at radius 1 is 1.03 bits per heavy atom. The largest absolute Gasteiger partial charge is 0.457 e. The van der Waals surface area contributed by atoms with Crippen molar-refractivity contribution in [3.63, 3.8) is 0 Å². The quantitative estimate of drug-likeness (QED) is 0.318. The Morgan fingerprint density at radius 2 is 1.85 bits per heavy atom. The zero-order chi connectivity index (χ0) is 23.5. The molecule has 0 bridgehead atoms. The molecule has 7 nitrogen and oxygen atoms in total. The summed E-state index contributed by atoms with van der Waals surface area (Å²) in [6, 6.07) is 18.2. The summed E-state index contributed by atoms with van der Waals surface area (Å²) in [4.78, 5) is 16.8. The molecule has 0 atom stereocenters. The second-order valence-electron chi connectivity index (χ2n) is 8.34. The van der Waals surface area contributed by atoms with Crippen LogP contribution in [0.25, 0.3) is 5.69 Å². The second-order valence-corrected chi connectivity index (χ2v) is 8.75. The molecule has 172 valence electrons. The molecule has 8 heteroatoms. The maximum Gasteiger partial charge on any atom is 0.324 e. The van der Waals surface area contributed by atoms with E-state index in [4.69, 9.17) is 21.4 Å². The highest BCUT2D eigenvalue weighted by molar-refractivity contribution is 6.34. The number of carbonyl (C=O) groups is 1. The number of halogens is 1. The summed E-state index contributed by atoms with van der Waals surface area (Å²) in [5, 5.41) is 10.9. The van der Waals surface area contributed by atoms with E-state index >= 15 is 0 Å². The second kappa shape index (κ2) is 9.57. The van der Waals surface area contributed by atoms with Crippen molar-refractivity contribution in [2.24, 2.45) is 0 Å². The first kappa shape index (κ1) is 22.0. The number of anilines is 2. The van der Waals surface area contributed by atoms with Gasteiger partial charge in [-0.2, -0.15) is 5.10 Å². The molecule has 34 heavy (non-hydrogen) atoms. The fourth-order valence-corrected chi connectivity index (χ4v) is 4.04. The van der Waals surface area contributed by atoms with Crippen LogP contribution >= 0.6 is 11.6 Å². The number of urea groups is 1. The molecule has 2 aromatic heterocycles. The predicted molar refractivity (Wildman–Crippen MR) is 133 cm³/mol. The fourth-order valence-electron chi connectivity index (χ4n) is 3.82. The number of benzene rings is 2. The van der Waals surface area contributed by atoms with E-state index < -0.39 is 6.03 Å². The van der Waals surface area contributed by atoms with E-state index in [1.54, 1.807) is 47.4 Å². The van der Waals surface area contributed by atoms with Gasteiger partial charge in [-0.3, -0.25) is 10.3 Å². The van der Waals surface area contributed by atoms with Gasteiger partial charge in [-0.1, -0.05) is 30.2 Å². The van der Waals surface area contributed by atoms with Crippen LogP contribution in [0.2, 0.25) is 5.02 Å². The Balaban J connectivity index is 1.33. The Hall–Kier alpha value is -3.84. The highest BCUT2D eigenvalue weighted by Crippen LogP contribution is 2.37. The van der Waals surface area contributed by atoms with Gasteiger partial charge in [0.2, 0.25) is 0 Å². The monoisotopic (exact) mass is 473 g/mol. The lowest BCUT2D eigenvalue weighted by molar-refractivity contribution is 0.262. The molecule has 2 heterocycles. The molecule has 1 aliphatic carbocycles. The van der Waals surface area contributed by atoms with Crippen molar-refractivity contribution in [1.29, 1.82) is 0 Å². The van der Waals surface area contributed by atoms with Gasteiger partial charge >= 0.3 is 6.03 Å². The minimum Gasteiger partial charge on any atom is -0.457 e. The molecule has 0 aliphatic heterocycles. The minimum absolute atomic E-state index is 0.365. The van der Waals surface area contributed by atoms with Crippen LogP contribution in [-0.2, 0) is 0 Å². The number of aryl methyl sites for hydroxylation is 1.